The van der Waals surface area contributed by atoms with E-state index in [2.05, 4.69) is 32.2 Å². The van der Waals surface area contributed by atoms with Crippen molar-refractivity contribution in [3.8, 4) is 6.07 Å². The van der Waals surface area contributed by atoms with Crippen LogP contribution < -0.4 is 5.32 Å². The molecule has 0 amide bonds. The normalized spacial score (nSPS) is 16.6. The molecule has 20 heavy (non-hydrogen) atoms. The van der Waals surface area contributed by atoms with Gasteiger partial charge >= 0.3 is 0 Å². The summed E-state index contributed by atoms with van der Waals surface area (Å²) in [5, 5.41) is 22.7. The zero-order valence-corrected chi connectivity index (χ0v) is 12.5. The van der Waals surface area contributed by atoms with Crippen molar-refractivity contribution >= 4 is 27.3 Å². The Kier molecular flexibility index (Phi) is 4.93. The van der Waals surface area contributed by atoms with Gasteiger partial charge in [-0.3, -0.25) is 15.0 Å². The van der Waals surface area contributed by atoms with Crippen LogP contribution in [0.5, 0.6) is 0 Å². The lowest BCUT2D eigenvalue weighted by atomic mass is 10.0. The molecular weight excluding hydrogens is 324 g/mol. The fourth-order valence-electron chi connectivity index (χ4n) is 2.29. The van der Waals surface area contributed by atoms with Crippen LogP contribution in [-0.2, 0) is 0 Å². The van der Waals surface area contributed by atoms with E-state index in [4.69, 9.17) is 5.26 Å². The summed E-state index contributed by atoms with van der Waals surface area (Å²) in [6, 6.07) is 7.23. The number of non-ortho nitro benzene ring substituents is 1. The molecule has 0 radical (unpaired) electrons. The highest BCUT2D eigenvalue weighted by Gasteiger charge is 2.19. The zero-order valence-electron chi connectivity index (χ0n) is 10.9. The number of nitro groups is 1. The van der Waals surface area contributed by atoms with Gasteiger partial charge in [0.05, 0.1) is 17.5 Å². The van der Waals surface area contributed by atoms with Gasteiger partial charge in [-0.2, -0.15) is 5.26 Å². The van der Waals surface area contributed by atoms with Gasteiger partial charge in [0.2, 0.25) is 0 Å². The van der Waals surface area contributed by atoms with Crippen LogP contribution >= 0.6 is 15.9 Å². The van der Waals surface area contributed by atoms with Crippen LogP contribution in [0.4, 0.5) is 11.4 Å². The number of halogens is 1. The SMILES string of the molecule is N#CCN1CCC(Nc2ccc([N+](=O)[O-])cc2Br)CC1. The number of nitro benzene ring substituents is 1. The highest BCUT2D eigenvalue weighted by Crippen LogP contribution is 2.28. The van der Waals surface area contributed by atoms with E-state index in [1.165, 1.54) is 12.1 Å². The fraction of sp³-hybridized carbons (Fsp3) is 0.462. The number of hydrogen-bond donors (Lipinski definition) is 1. The topological polar surface area (TPSA) is 82.2 Å². The van der Waals surface area contributed by atoms with Crippen LogP contribution in [0.1, 0.15) is 12.8 Å². The third kappa shape index (κ3) is 3.68. The molecule has 1 aromatic carbocycles. The first-order valence-corrected chi connectivity index (χ1v) is 7.19. The maximum Gasteiger partial charge on any atom is 0.270 e. The minimum absolute atomic E-state index is 0.0752. The van der Waals surface area contributed by atoms with Crippen LogP contribution in [-0.4, -0.2) is 35.5 Å². The van der Waals surface area contributed by atoms with Gasteiger partial charge in [-0.25, -0.2) is 0 Å². The molecule has 1 aliphatic rings. The molecule has 2 rings (SSSR count). The van der Waals surface area contributed by atoms with E-state index in [1.807, 2.05) is 0 Å². The van der Waals surface area contributed by atoms with E-state index in [9.17, 15) is 10.1 Å². The number of nitrogens with zero attached hydrogens (tertiary/aromatic N) is 3. The molecule has 1 N–H and O–H groups in total. The van der Waals surface area contributed by atoms with Crippen LogP contribution in [0.25, 0.3) is 0 Å². The second-order valence-corrected chi connectivity index (χ2v) is 5.63. The van der Waals surface area contributed by atoms with Crippen molar-refractivity contribution in [3.05, 3.63) is 32.8 Å². The maximum atomic E-state index is 10.7. The lowest BCUT2D eigenvalue weighted by Gasteiger charge is -2.31. The second kappa shape index (κ2) is 6.68. The third-order valence-electron chi connectivity index (χ3n) is 3.41. The van der Waals surface area contributed by atoms with Crippen molar-refractivity contribution in [2.75, 3.05) is 25.0 Å². The Morgan fingerprint density at radius 2 is 2.20 bits per heavy atom. The van der Waals surface area contributed by atoms with Gasteiger partial charge in [0.15, 0.2) is 0 Å². The number of rotatable bonds is 4. The van der Waals surface area contributed by atoms with Crippen LogP contribution in [0.2, 0.25) is 0 Å². The molecule has 1 aliphatic heterocycles. The van der Waals surface area contributed by atoms with Crippen molar-refractivity contribution in [1.29, 1.82) is 5.26 Å². The predicted molar refractivity (Wildman–Crippen MR) is 79.5 cm³/mol. The number of likely N-dealkylation sites (tertiary alicyclic amines) is 1. The summed E-state index contributed by atoms with van der Waals surface area (Å²) >= 11 is 3.36. The number of nitrogens with one attached hydrogen (secondary N) is 1. The number of benzene rings is 1. The third-order valence-corrected chi connectivity index (χ3v) is 4.06. The number of nitriles is 1. The first-order chi connectivity index (χ1) is 9.60. The Labute approximate surface area is 125 Å². The van der Waals surface area contributed by atoms with Gasteiger partial charge in [-0.05, 0) is 34.8 Å². The molecule has 106 valence electrons. The first kappa shape index (κ1) is 14.8. The second-order valence-electron chi connectivity index (χ2n) is 4.77. The number of piperidine rings is 1. The monoisotopic (exact) mass is 338 g/mol. The van der Waals surface area contributed by atoms with Crippen molar-refractivity contribution < 1.29 is 4.92 Å². The lowest BCUT2D eigenvalue weighted by Crippen LogP contribution is -2.39. The average molecular weight is 339 g/mol. The van der Waals surface area contributed by atoms with Crippen LogP contribution in [0.3, 0.4) is 0 Å². The quantitative estimate of drug-likeness (QED) is 0.518. The van der Waals surface area contributed by atoms with E-state index in [0.29, 0.717) is 17.1 Å². The van der Waals surface area contributed by atoms with Gasteiger partial charge in [0, 0.05) is 41.4 Å². The van der Waals surface area contributed by atoms with Crippen molar-refractivity contribution in [1.82, 2.24) is 4.90 Å². The molecule has 1 heterocycles. The summed E-state index contributed by atoms with van der Waals surface area (Å²) in [4.78, 5) is 12.4. The van der Waals surface area contributed by atoms with E-state index in [0.717, 1.165) is 31.6 Å². The Morgan fingerprint density at radius 3 is 2.75 bits per heavy atom. The molecule has 0 spiro atoms. The van der Waals surface area contributed by atoms with E-state index >= 15 is 0 Å². The Hall–Kier alpha value is -1.65. The van der Waals surface area contributed by atoms with Crippen molar-refractivity contribution in [3.63, 3.8) is 0 Å². The maximum absolute atomic E-state index is 10.7. The van der Waals surface area contributed by atoms with E-state index < -0.39 is 4.92 Å². The fourth-order valence-corrected chi connectivity index (χ4v) is 2.77. The van der Waals surface area contributed by atoms with E-state index in [1.54, 1.807) is 6.07 Å². The molecule has 7 heteroatoms. The summed E-state index contributed by atoms with van der Waals surface area (Å²) in [5.41, 5.74) is 0.945. The van der Waals surface area contributed by atoms with Gasteiger partial charge in [0.25, 0.3) is 5.69 Å². The molecule has 6 nitrogen and oxygen atoms in total. The van der Waals surface area contributed by atoms with E-state index in [-0.39, 0.29) is 5.69 Å². The summed E-state index contributed by atoms with van der Waals surface area (Å²) in [5.74, 6) is 0. The number of anilines is 1. The summed E-state index contributed by atoms with van der Waals surface area (Å²) < 4.78 is 0.700. The molecular formula is C13H15BrN4O2. The Morgan fingerprint density at radius 1 is 1.50 bits per heavy atom. The Balaban J connectivity index is 1.95. The average Bonchev–Trinajstić information content (AvgIpc) is 2.43. The highest BCUT2D eigenvalue weighted by atomic mass is 79.9. The zero-order chi connectivity index (χ0) is 14.5. The molecule has 0 bridgehead atoms. The molecule has 0 aromatic heterocycles. The smallest absolute Gasteiger partial charge is 0.270 e. The molecule has 0 atom stereocenters. The minimum Gasteiger partial charge on any atom is -0.381 e. The van der Waals surface area contributed by atoms with Crippen molar-refractivity contribution in [2.24, 2.45) is 0 Å². The summed E-state index contributed by atoms with van der Waals surface area (Å²) in [6.07, 6.45) is 1.93. The Bertz CT molecular complexity index is 536. The van der Waals surface area contributed by atoms with Crippen molar-refractivity contribution in [2.45, 2.75) is 18.9 Å². The summed E-state index contributed by atoms with van der Waals surface area (Å²) in [7, 11) is 0. The standard InChI is InChI=1S/C13H15BrN4O2/c14-12-9-11(18(19)20)1-2-13(12)16-10-3-6-17(7-4-10)8-5-15/h1-2,9-10,16H,3-4,6-8H2. The molecule has 1 saturated heterocycles. The van der Waals surface area contributed by atoms with Gasteiger partial charge in [-0.15, -0.1) is 0 Å². The summed E-state index contributed by atoms with van der Waals surface area (Å²) in [6.45, 7) is 2.28. The van der Waals surface area contributed by atoms with Crippen LogP contribution in [0.15, 0.2) is 22.7 Å². The predicted octanol–water partition coefficient (Wildman–Crippen LogP) is 2.76. The molecule has 1 aromatic rings. The van der Waals surface area contributed by atoms with Gasteiger partial charge < -0.3 is 5.32 Å². The molecule has 0 unspecified atom stereocenters. The van der Waals surface area contributed by atoms with Gasteiger partial charge in [-0.1, -0.05) is 0 Å². The van der Waals surface area contributed by atoms with Gasteiger partial charge in [0.1, 0.15) is 0 Å². The number of hydrogen-bond acceptors (Lipinski definition) is 5. The molecule has 1 fully saturated rings. The largest absolute Gasteiger partial charge is 0.381 e. The minimum atomic E-state index is -0.408. The highest BCUT2D eigenvalue weighted by molar-refractivity contribution is 9.10. The first-order valence-electron chi connectivity index (χ1n) is 6.40. The lowest BCUT2D eigenvalue weighted by molar-refractivity contribution is -0.384. The molecule has 0 aliphatic carbocycles. The van der Waals surface area contributed by atoms with Crippen LogP contribution in [0, 0.1) is 21.4 Å². The molecule has 0 saturated carbocycles.